The maximum absolute atomic E-state index is 10.6. The number of hydrogen-bond acceptors (Lipinski definition) is 3. The molecule has 0 aliphatic carbocycles. The summed E-state index contributed by atoms with van der Waals surface area (Å²) in [6.07, 6.45) is -1.53. The minimum Gasteiger partial charge on any atom is -0.481 e. The fraction of sp³-hybridized carbons (Fsp3) is 0.333. The summed E-state index contributed by atoms with van der Waals surface area (Å²) in [4.78, 5) is 21.1. The summed E-state index contributed by atoms with van der Waals surface area (Å²) in [5.74, 6) is -2.18. The summed E-state index contributed by atoms with van der Waals surface area (Å²) in [5, 5.41) is 17.8. The molecule has 0 unspecified atom stereocenters. The second-order valence-corrected chi connectivity index (χ2v) is 4.20. The van der Waals surface area contributed by atoms with Gasteiger partial charge in [0.2, 0.25) is 0 Å². The van der Waals surface area contributed by atoms with E-state index in [1.165, 1.54) is 0 Å². The molecule has 0 fully saturated rings. The molecule has 98 valence electrons. The number of aliphatic carboxylic acids is 2. The smallest absolute Gasteiger partial charge is 0.305 e. The molecule has 0 amide bonds. The van der Waals surface area contributed by atoms with Gasteiger partial charge >= 0.3 is 11.9 Å². The monoisotopic (exact) mass is 272 g/mol. The molecule has 0 aliphatic rings. The molecule has 2 N–H and O–H groups in total. The summed E-state index contributed by atoms with van der Waals surface area (Å²) in [6, 6.07) is 6.89. The summed E-state index contributed by atoms with van der Waals surface area (Å²) in [7, 11) is 0. The number of carbonyl (C=O) groups is 2. The molecule has 0 atom stereocenters. The van der Waals surface area contributed by atoms with E-state index in [1.807, 2.05) is 0 Å². The van der Waals surface area contributed by atoms with Crippen LogP contribution in [0.1, 0.15) is 18.4 Å². The minimum absolute atomic E-state index is 0.131. The van der Waals surface area contributed by atoms with Crippen molar-refractivity contribution in [1.82, 2.24) is 0 Å². The third-order valence-electron chi connectivity index (χ3n) is 2.18. The Labute approximate surface area is 109 Å². The maximum Gasteiger partial charge on any atom is 0.305 e. The molecular formula is C12H13ClO5. The summed E-state index contributed by atoms with van der Waals surface area (Å²) < 4.78 is 5.28. The third kappa shape index (κ3) is 5.65. The van der Waals surface area contributed by atoms with E-state index in [0.29, 0.717) is 5.02 Å². The lowest BCUT2D eigenvalue weighted by molar-refractivity contribution is -0.144. The van der Waals surface area contributed by atoms with Gasteiger partial charge in [-0.1, -0.05) is 23.7 Å². The van der Waals surface area contributed by atoms with Crippen molar-refractivity contribution in [2.24, 2.45) is 0 Å². The van der Waals surface area contributed by atoms with Gasteiger partial charge in [-0.15, -0.1) is 0 Å². The Morgan fingerprint density at radius 3 is 2.33 bits per heavy atom. The van der Waals surface area contributed by atoms with Crippen LogP contribution in [0.2, 0.25) is 5.02 Å². The average Bonchev–Trinajstić information content (AvgIpc) is 2.24. The van der Waals surface area contributed by atoms with Crippen molar-refractivity contribution in [3.8, 4) is 0 Å². The van der Waals surface area contributed by atoms with Crippen molar-refractivity contribution >= 4 is 23.5 Å². The molecule has 0 saturated heterocycles. The second kappa shape index (κ2) is 6.98. The SMILES string of the molecule is O=C(O)CC(CC(=O)O)OCc1cccc(Cl)c1. The molecule has 18 heavy (non-hydrogen) atoms. The highest BCUT2D eigenvalue weighted by atomic mass is 35.5. The molecule has 0 aliphatic heterocycles. The Morgan fingerprint density at radius 2 is 1.83 bits per heavy atom. The van der Waals surface area contributed by atoms with E-state index < -0.39 is 18.0 Å². The lowest BCUT2D eigenvalue weighted by atomic mass is 10.2. The summed E-state index contributed by atoms with van der Waals surface area (Å²) in [6.45, 7) is 0.131. The minimum atomic E-state index is -1.09. The van der Waals surface area contributed by atoms with Crippen LogP contribution in [0.5, 0.6) is 0 Å². The molecule has 0 saturated carbocycles. The number of rotatable bonds is 7. The summed E-state index contributed by atoms with van der Waals surface area (Å²) in [5.41, 5.74) is 0.767. The molecule has 0 heterocycles. The van der Waals surface area contributed by atoms with Gasteiger partial charge in [-0.2, -0.15) is 0 Å². The molecule has 0 bridgehead atoms. The van der Waals surface area contributed by atoms with Gasteiger partial charge in [0.05, 0.1) is 25.6 Å². The van der Waals surface area contributed by atoms with E-state index in [1.54, 1.807) is 24.3 Å². The highest BCUT2D eigenvalue weighted by Gasteiger charge is 2.17. The number of carboxylic acid groups (broad SMARTS) is 2. The van der Waals surface area contributed by atoms with Crippen molar-refractivity contribution in [1.29, 1.82) is 0 Å². The fourth-order valence-electron chi connectivity index (χ4n) is 1.42. The van der Waals surface area contributed by atoms with Gasteiger partial charge in [-0.05, 0) is 17.7 Å². The van der Waals surface area contributed by atoms with Crippen LogP contribution < -0.4 is 0 Å². The van der Waals surface area contributed by atoms with E-state index in [-0.39, 0.29) is 19.4 Å². The molecule has 1 aromatic rings. The summed E-state index contributed by atoms with van der Waals surface area (Å²) >= 11 is 5.79. The van der Waals surface area contributed by atoms with Gasteiger partial charge in [0.1, 0.15) is 0 Å². The third-order valence-corrected chi connectivity index (χ3v) is 2.41. The van der Waals surface area contributed by atoms with Crippen LogP contribution in [0.25, 0.3) is 0 Å². The maximum atomic E-state index is 10.6. The molecular weight excluding hydrogens is 260 g/mol. The van der Waals surface area contributed by atoms with Crippen molar-refractivity contribution in [3.63, 3.8) is 0 Å². The van der Waals surface area contributed by atoms with Crippen molar-refractivity contribution < 1.29 is 24.5 Å². The molecule has 5 nitrogen and oxygen atoms in total. The average molecular weight is 273 g/mol. The highest BCUT2D eigenvalue weighted by Crippen LogP contribution is 2.14. The number of hydrogen-bond donors (Lipinski definition) is 2. The zero-order valence-electron chi connectivity index (χ0n) is 9.51. The van der Waals surface area contributed by atoms with Gasteiger partial charge in [-0.25, -0.2) is 0 Å². The molecule has 0 aromatic heterocycles. The molecule has 1 aromatic carbocycles. The Morgan fingerprint density at radius 1 is 1.22 bits per heavy atom. The van der Waals surface area contributed by atoms with Gasteiger partial charge in [-0.3, -0.25) is 9.59 Å². The van der Waals surface area contributed by atoms with Crippen LogP contribution in [-0.4, -0.2) is 28.3 Å². The Bertz CT molecular complexity index is 416. The van der Waals surface area contributed by atoms with Gasteiger partial charge < -0.3 is 14.9 Å². The van der Waals surface area contributed by atoms with Crippen LogP contribution in [0.15, 0.2) is 24.3 Å². The van der Waals surface area contributed by atoms with Crippen molar-refractivity contribution in [2.45, 2.75) is 25.6 Å². The van der Waals surface area contributed by atoms with Crippen LogP contribution in [0.4, 0.5) is 0 Å². The zero-order chi connectivity index (χ0) is 13.5. The molecule has 0 radical (unpaired) electrons. The van der Waals surface area contributed by atoms with Crippen LogP contribution >= 0.6 is 11.6 Å². The number of ether oxygens (including phenoxy) is 1. The van der Waals surface area contributed by atoms with Gasteiger partial charge in [0.25, 0.3) is 0 Å². The first-order valence-electron chi connectivity index (χ1n) is 5.27. The quantitative estimate of drug-likeness (QED) is 0.795. The van der Waals surface area contributed by atoms with E-state index in [2.05, 4.69) is 0 Å². The largest absolute Gasteiger partial charge is 0.481 e. The first kappa shape index (κ1) is 14.5. The topological polar surface area (TPSA) is 83.8 Å². The number of benzene rings is 1. The second-order valence-electron chi connectivity index (χ2n) is 3.76. The lowest BCUT2D eigenvalue weighted by Crippen LogP contribution is -2.21. The predicted molar refractivity (Wildman–Crippen MR) is 64.5 cm³/mol. The number of halogens is 1. The van der Waals surface area contributed by atoms with Crippen LogP contribution in [0.3, 0.4) is 0 Å². The van der Waals surface area contributed by atoms with Crippen LogP contribution in [0, 0.1) is 0 Å². The predicted octanol–water partition coefficient (Wildman–Crippen LogP) is 2.17. The van der Waals surface area contributed by atoms with E-state index in [4.69, 9.17) is 26.6 Å². The van der Waals surface area contributed by atoms with Crippen LogP contribution in [-0.2, 0) is 20.9 Å². The Hall–Kier alpha value is -1.59. The molecule has 6 heteroatoms. The standard InChI is InChI=1S/C12H13ClO5/c13-9-3-1-2-8(4-9)7-18-10(5-11(14)15)6-12(16)17/h1-4,10H,5-7H2,(H,14,15)(H,16,17). The first-order valence-corrected chi connectivity index (χ1v) is 5.65. The Balaban J connectivity index is 2.55. The van der Waals surface area contributed by atoms with Crippen molar-refractivity contribution in [2.75, 3.05) is 0 Å². The number of carboxylic acids is 2. The van der Waals surface area contributed by atoms with E-state index in [9.17, 15) is 9.59 Å². The Kier molecular flexibility index (Phi) is 5.61. The fourth-order valence-corrected chi connectivity index (χ4v) is 1.63. The molecule has 0 spiro atoms. The van der Waals surface area contributed by atoms with E-state index in [0.717, 1.165) is 5.56 Å². The first-order chi connectivity index (χ1) is 8.47. The highest BCUT2D eigenvalue weighted by molar-refractivity contribution is 6.30. The lowest BCUT2D eigenvalue weighted by Gasteiger charge is -2.14. The molecule has 1 rings (SSSR count). The van der Waals surface area contributed by atoms with Crippen molar-refractivity contribution in [3.05, 3.63) is 34.9 Å². The van der Waals surface area contributed by atoms with Gasteiger partial charge in [0, 0.05) is 5.02 Å². The normalized spacial score (nSPS) is 10.6. The zero-order valence-corrected chi connectivity index (χ0v) is 10.3. The van der Waals surface area contributed by atoms with E-state index >= 15 is 0 Å². The van der Waals surface area contributed by atoms with Gasteiger partial charge in [0.15, 0.2) is 0 Å².